The summed E-state index contributed by atoms with van der Waals surface area (Å²) in [5.74, 6) is -1.53. The molecule has 1 aromatic carbocycles. The number of aromatic nitrogens is 2. The highest BCUT2D eigenvalue weighted by molar-refractivity contribution is 5.85. The summed E-state index contributed by atoms with van der Waals surface area (Å²) >= 11 is 0. The largest absolute Gasteiger partial charge is 0.543 e. The number of nitrogens with zero attached hydrogens (tertiary/aromatic N) is 3. The molecule has 0 atom stereocenters. The van der Waals surface area contributed by atoms with Crippen LogP contribution in [0.15, 0.2) is 29.1 Å². The number of hydrogen-bond donors (Lipinski definition) is 0. The van der Waals surface area contributed by atoms with Gasteiger partial charge in [-0.3, -0.25) is 4.79 Å². The lowest BCUT2D eigenvalue weighted by Crippen LogP contribution is -2.33. The molecule has 0 saturated carbocycles. The second-order valence-electron chi connectivity index (χ2n) is 4.25. The third-order valence-corrected chi connectivity index (χ3v) is 2.99. The summed E-state index contributed by atoms with van der Waals surface area (Å²) in [5.41, 5.74) is -0.130. The van der Waals surface area contributed by atoms with Gasteiger partial charge in [-0.15, -0.1) is 0 Å². The molecule has 0 saturated heterocycles. The van der Waals surface area contributed by atoms with Crippen molar-refractivity contribution in [3.05, 3.63) is 57.0 Å². The predicted octanol–water partition coefficient (Wildman–Crippen LogP) is 0.0845. The minimum atomic E-state index is -1.53. The minimum Gasteiger partial charge on any atom is -0.543 e. The van der Waals surface area contributed by atoms with Gasteiger partial charge in [0.25, 0.3) is 5.56 Å². The lowest BCUT2D eigenvalue weighted by molar-refractivity contribution is -0.255. The van der Waals surface area contributed by atoms with Gasteiger partial charge in [-0.05, 0) is 25.5 Å². The summed E-state index contributed by atoms with van der Waals surface area (Å²) in [5, 5.41) is 23.9. The Balaban J connectivity index is 2.89. The Bertz CT molecular complexity index is 800. The van der Waals surface area contributed by atoms with Crippen molar-refractivity contribution >= 4 is 5.97 Å². The van der Waals surface area contributed by atoms with Crippen molar-refractivity contribution in [3.8, 4) is 11.8 Å². The Morgan fingerprint density at radius 1 is 1.35 bits per heavy atom. The van der Waals surface area contributed by atoms with Gasteiger partial charge >= 0.3 is 0 Å². The van der Waals surface area contributed by atoms with E-state index in [1.165, 1.54) is 6.92 Å². The molecular weight excluding hydrogens is 258 g/mol. The number of aryl methyl sites for hydroxylation is 1. The lowest BCUT2D eigenvalue weighted by atomic mass is 10.1. The second kappa shape index (κ2) is 4.97. The van der Waals surface area contributed by atoms with Crippen LogP contribution in [0.25, 0.3) is 5.69 Å². The minimum absolute atomic E-state index is 0.0161. The summed E-state index contributed by atoms with van der Waals surface area (Å²) in [6.45, 7) is 3.12. The van der Waals surface area contributed by atoms with E-state index < -0.39 is 17.2 Å². The van der Waals surface area contributed by atoms with Crippen LogP contribution in [0.2, 0.25) is 0 Å². The average molecular weight is 268 g/mol. The molecule has 0 fully saturated rings. The van der Waals surface area contributed by atoms with Crippen molar-refractivity contribution in [1.82, 2.24) is 9.78 Å². The maximum absolute atomic E-state index is 12.2. The van der Waals surface area contributed by atoms with Crippen molar-refractivity contribution in [2.45, 2.75) is 13.8 Å². The first-order valence-electron chi connectivity index (χ1n) is 5.78. The molecule has 1 heterocycles. The van der Waals surface area contributed by atoms with E-state index in [0.29, 0.717) is 5.69 Å². The number of nitriles is 1. The molecule has 6 nitrogen and oxygen atoms in total. The van der Waals surface area contributed by atoms with Crippen LogP contribution < -0.4 is 10.7 Å². The first kappa shape index (κ1) is 13.5. The molecule has 0 spiro atoms. The fourth-order valence-electron chi connectivity index (χ4n) is 1.90. The van der Waals surface area contributed by atoms with Gasteiger partial charge in [0.1, 0.15) is 17.3 Å². The number of carbonyl (C=O) groups is 1. The summed E-state index contributed by atoms with van der Waals surface area (Å²) in [6.07, 6.45) is 0. The first-order chi connectivity index (χ1) is 9.47. The topological polar surface area (TPSA) is 98.8 Å². The molecule has 0 aliphatic heterocycles. The molecule has 0 aliphatic carbocycles. The molecule has 2 aromatic rings. The zero-order chi connectivity index (χ0) is 14.9. The van der Waals surface area contributed by atoms with Crippen molar-refractivity contribution < 1.29 is 9.90 Å². The van der Waals surface area contributed by atoms with Gasteiger partial charge in [-0.1, -0.05) is 18.2 Å². The Labute approximate surface area is 114 Å². The van der Waals surface area contributed by atoms with E-state index in [1.54, 1.807) is 37.3 Å². The van der Waals surface area contributed by atoms with Crippen LogP contribution in [0.4, 0.5) is 0 Å². The maximum Gasteiger partial charge on any atom is 0.289 e. The van der Waals surface area contributed by atoms with Crippen molar-refractivity contribution in [2.24, 2.45) is 0 Å². The van der Waals surface area contributed by atoms with Crippen molar-refractivity contribution in [1.29, 1.82) is 5.26 Å². The fraction of sp³-hybridized carbons (Fsp3) is 0.143. The Kier molecular flexibility index (Phi) is 3.36. The third kappa shape index (κ3) is 2.06. The number of hydrogen-bond acceptors (Lipinski definition) is 5. The smallest absolute Gasteiger partial charge is 0.289 e. The van der Waals surface area contributed by atoms with Crippen molar-refractivity contribution in [3.63, 3.8) is 0 Å². The molecule has 0 amide bonds. The SMILES string of the molecule is Cc1ccccc1-n1nc(C(=O)[O-])c(C)c(C#N)c1=O. The number of carbonyl (C=O) groups excluding carboxylic acids is 1. The highest BCUT2D eigenvalue weighted by Crippen LogP contribution is 2.13. The van der Waals surface area contributed by atoms with Crippen LogP contribution >= 0.6 is 0 Å². The molecule has 0 radical (unpaired) electrons. The standard InChI is InChI=1S/C14H11N3O3/c1-8-5-3-4-6-11(8)17-13(18)10(7-15)9(2)12(16-17)14(19)20/h3-6H,1-2H3,(H,19,20)/p-1. The second-order valence-corrected chi connectivity index (χ2v) is 4.25. The van der Waals surface area contributed by atoms with E-state index in [4.69, 9.17) is 5.26 Å². The van der Waals surface area contributed by atoms with Crippen LogP contribution in [-0.4, -0.2) is 15.7 Å². The molecule has 6 heteroatoms. The summed E-state index contributed by atoms with van der Waals surface area (Å²) in [7, 11) is 0. The summed E-state index contributed by atoms with van der Waals surface area (Å²) in [6, 6.07) is 8.58. The maximum atomic E-state index is 12.2. The number of para-hydroxylation sites is 1. The zero-order valence-corrected chi connectivity index (χ0v) is 10.9. The highest BCUT2D eigenvalue weighted by Gasteiger charge is 2.16. The summed E-state index contributed by atoms with van der Waals surface area (Å²) in [4.78, 5) is 23.3. The van der Waals surface area contributed by atoms with Gasteiger partial charge in [0.05, 0.1) is 11.7 Å². The Morgan fingerprint density at radius 2 is 2.00 bits per heavy atom. The Morgan fingerprint density at radius 3 is 2.55 bits per heavy atom. The monoisotopic (exact) mass is 268 g/mol. The quantitative estimate of drug-likeness (QED) is 0.768. The van der Waals surface area contributed by atoms with E-state index in [0.717, 1.165) is 10.2 Å². The lowest BCUT2D eigenvalue weighted by Gasteiger charge is -2.13. The molecular formula is C14H10N3O3-. The molecule has 1 aromatic heterocycles. The van der Waals surface area contributed by atoms with E-state index in [-0.39, 0.29) is 11.1 Å². The third-order valence-electron chi connectivity index (χ3n) is 2.99. The van der Waals surface area contributed by atoms with Gasteiger partial charge in [-0.25, -0.2) is 0 Å². The molecule has 0 aliphatic rings. The van der Waals surface area contributed by atoms with Crippen LogP contribution in [-0.2, 0) is 0 Å². The van der Waals surface area contributed by atoms with Crippen molar-refractivity contribution in [2.75, 3.05) is 0 Å². The predicted molar refractivity (Wildman–Crippen MR) is 68.4 cm³/mol. The fourth-order valence-corrected chi connectivity index (χ4v) is 1.90. The van der Waals surface area contributed by atoms with E-state index in [9.17, 15) is 14.7 Å². The number of benzene rings is 1. The van der Waals surface area contributed by atoms with Gasteiger partial charge in [-0.2, -0.15) is 15.0 Å². The summed E-state index contributed by atoms with van der Waals surface area (Å²) < 4.78 is 0.923. The van der Waals surface area contributed by atoms with Crippen LogP contribution in [0, 0.1) is 25.2 Å². The molecule has 0 unspecified atom stereocenters. The number of carboxylic acids is 1. The van der Waals surface area contributed by atoms with E-state index in [2.05, 4.69) is 5.10 Å². The molecule has 0 N–H and O–H groups in total. The zero-order valence-electron chi connectivity index (χ0n) is 10.9. The van der Waals surface area contributed by atoms with E-state index in [1.807, 2.05) is 0 Å². The number of carboxylic acid groups (broad SMARTS) is 1. The first-order valence-corrected chi connectivity index (χ1v) is 5.78. The molecule has 2 rings (SSSR count). The number of aromatic carboxylic acids is 1. The number of rotatable bonds is 2. The molecule has 0 bridgehead atoms. The average Bonchev–Trinajstić information content (AvgIpc) is 2.40. The normalized spacial score (nSPS) is 10.1. The molecule has 20 heavy (non-hydrogen) atoms. The van der Waals surface area contributed by atoms with Crippen LogP contribution in [0.5, 0.6) is 0 Å². The highest BCUT2D eigenvalue weighted by atomic mass is 16.4. The van der Waals surface area contributed by atoms with Gasteiger partial charge in [0.15, 0.2) is 0 Å². The van der Waals surface area contributed by atoms with E-state index >= 15 is 0 Å². The van der Waals surface area contributed by atoms with Crippen LogP contribution in [0.1, 0.15) is 27.2 Å². The van der Waals surface area contributed by atoms with Crippen LogP contribution in [0.3, 0.4) is 0 Å². The van der Waals surface area contributed by atoms with Gasteiger partial charge in [0.2, 0.25) is 0 Å². The van der Waals surface area contributed by atoms with Gasteiger partial charge < -0.3 is 9.90 Å². The Hall–Kier alpha value is -2.94. The van der Waals surface area contributed by atoms with Gasteiger partial charge in [0, 0.05) is 5.56 Å². The molecule has 100 valence electrons.